The van der Waals surface area contributed by atoms with Crippen molar-refractivity contribution in [3.63, 3.8) is 0 Å². The lowest BCUT2D eigenvalue weighted by Gasteiger charge is -2.13. The third-order valence-electron chi connectivity index (χ3n) is 5.63. The molecule has 0 saturated carbocycles. The van der Waals surface area contributed by atoms with E-state index in [9.17, 15) is 14.7 Å². The molecule has 3 heterocycles. The second-order valence-corrected chi connectivity index (χ2v) is 9.42. The summed E-state index contributed by atoms with van der Waals surface area (Å²) in [6.45, 7) is 5.71. The molecule has 0 atom stereocenters. The monoisotopic (exact) mass is 512 g/mol. The Morgan fingerprint density at radius 3 is 2.53 bits per heavy atom. The molecule has 192 valence electrons. The molecule has 0 fully saturated rings. The van der Waals surface area contributed by atoms with Gasteiger partial charge < -0.3 is 15.2 Å². The van der Waals surface area contributed by atoms with Crippen LogP contribution in [0.15, 0.2) is 67.1 Å². The van der Waals surface area contributed by atoms with Crippen LogP contribution in [0.1, 0.15) is 26.5 Å². The van der Waals surface area contributed by atoms with Crippen LogP contribution in [-0.2, 0) is 5.41 Å². The Kier molecular flexibility index (Phi) is 6.21. The molecule has 2 amide bonds. The number of benzene rings is 2. The molecular weight excluding hydrogens is 488 g/mol. The largest absolute Gasteiger partial charge is 0.463 e. The highest BCUT2D eigenvalue weighted by molar-refractivity contribution is 6.00. The Labute approximate surface area is 216 Å². The summed E-state index contributed by atoms with van der Waals surface area (Å²) in [5, 5.41) is 26.4. The van der Waals surface area contributed by atoms with E-state index < -0.39 is 12.1 Å². The number of carbonyl (C=O) groups is 2. The number of carboxylic acid groups (broad SMARTS) is 1. The number of H-pyrrole nitrogens is 1. The Bertz CT molecular complexity index is 1630. The maximum atomic E-state index is 12.6. The highest BCUT2D eigenvalue weighted by Gasteiger charge is 2.23. The zero-order chi connectivity index (χ0) is 26.9. The van der Waals surface area contributed by atoms with Crippen LogP contribution in [0.3, 0.4) is 0 Å². The Hall–Kier alpha value is -5.26. The van der Waals surface area contributed by atoms with Crippen LogP contribution < -0.4 is 15.4 Å². The second kappa shape index (κ2) is 9.65. The van der Waals surface area contributed by atoms with E-state index in [1.165, 1.54) is 12.4 Å². The van der Waals surface area contributed by atoms with Gasteiger partial charge in [-0.2, -0.15) is 10.2 Å². The van der Waals surface area contributed by atoms with Crippen molar-refractivity contribution < 1.29 is 19.4 Å². The van der Waals surface area contributed by atoms with Crippen LogP contribution >= 0.6 is 0 Å². The summed E-state index contributed by atoms with van der Waals surface area (Å²) in [5.74, 6) is 1.18. The maximum Gasteiger partial charge on any atom is 0.434 e. The van der Waals surface area contributed by atoms with Crippen molar-refractivity contribution in [3.8, 4) is 22.8 Å². The zero-order valence-corrected chi connectivity index (χ0v) is 20.8. The van der Waals surface area contributed by atoms with Gasteiger partial charge in [-0.3, -0.25) is 10.4 Å². The quantitative estimate of drug-likeness (QED) is 0.241. The molecule has 5 rings (SSSR count). The number of para-hydroxylation sites is 1. The molecule has 5 aromatic rings. The van der Waals surface area contributed by atoms with Gasteiger partial charge >= 0.3 is 12.1 Å². The van der Waals surface area contributed by atoms with Crippen molar-refractivity contribution in [2.45, 2.75) is 26.2 Å². The van der Waals surface area contributed by atoms with Crippen molar-refractivity contribution in [1.82, 2.24) is 29.9 Å². The van der Waals surface area contributed by atoms with Gasteiger partial charge in [0.25, 0.3) is 0 Å². The molecule has 38 heavy (non-hydrogen) atoms. The summed E-state index contributed by atoms with van der Waals surface area (Å²) >= 11 is 0. The van der Waals surface area contributed by atoms with Crippen molar-refractivity contribution in [3.05, 3.63) is 72.8 Å². The predicted octanol–water partition coefficient (Wildman–Crippen LogP) is 5.48. The van der Waals surface area contributed by atoms with Gasteiger partial charge in [0, 0.05) is 22.7 Å². The molecule has 0 aliphatic carbocycles. The van der Waals surface area contributed by atoms with Gasteiger partial charge in [-0.15, -0.1) is 4.68 Å². The highest BCUT2D eigenvalue weighted by Crippen LogP contribution is 2.35. The van der Waals surface area contributed by atoms with Gasteiger partial charge in [0.15, 0.2) is 5.65 Å². The van der Waals surface area contributed by atoms with Crippen molar-refractivity contribution in [2.75, 3.05) is 10.6 Å². The van der Waals surface area contributed by atoms with E-state index in [1.807, 2.05) is 45.0 Å². The van der Waals surface area contributed by atoms with Crippen molar-refractivity contribution >= 4 is 34.7 Å². The van der Waals surface area contributed by atoms with Crippen LogP contribution in [0.4, 0.5) is 21.1 Å². The number of carbonyl (C=O) groups excluding carboxylic acids is 1. The lowest BCUT2D eigenvalue weighted by atomic mass is 9.92. The normalized spacial score (nSPS) is 11.3. The number of hydrogen-bond donors (Lipinski definition) is 4. The van der Waals surface area contributed by atoms with Crippen molar-refractivity contribution in [2.24, 2.45) is 0 Å². The standard InChI is InChI=1S/C26H24N8O4/c1-26(2,3)20-12-21(34(33-20)25(36)37)31-24(35)30-15-8-10-16(11-9-15)38-19-7-5-4-6-17(19)22-18-13-29-32-23(18)28-14-27-22/h4-14H,1-3H3,(H,36,37)(H2,30,31,35)(H,27,28,29,32). The van der Waals surface area contributed by atoms with Crippen LogP contribution in [0.2, 0.25) is 0 Å². The van der Waals surface area contributed by atoms with E-state index in [0.29, 0.717) is 34.2 Å². The van der Waals surface area contributed by atoms with Gasteiger partial charge in [-0.1, -0.05) is 32.9 Å². The molecule has 0 aliphatic heterocycles. The van der Waals surface area contributed by atoms with Gasteiger partial charge in [-0.05, 0) is 36.4 Å². The van der Waals surface area contributed by atoms with Crippen molar-refractivity contribution in [1.29, 1.82) is 0 Å². The van der Waals surface area contributed by atoms with E-state index in [1.54, 1.807) is 30.5 Å². The molecule has 0 bridgehead atoms. The first kappa shape index (κ1) is 24.4. The lowest BCUT2D eigenvalue weighted by Crippen LogP contribution is -2.23. The maximum absolute atomic E-state index is 12.6. The van der Waals surface area contributed by atoms with E-state index in [-0.39, 0.29) is 11.2 Å². The van der Waals surface area contributed by atoms with Crippen LogP contribution in [0, 0.1) is 0 Å². The Balaban J connectivity index is 1.30. The highest BCUT2D eigenvalue weighted by atomic mass is 16.5. The fraction of sp³-hybridized carbons (Fsp3) is 0.154. The fourth-order valence-corrected chi connectivity index (χ4v) is 3.73. The minimum absolute atomic E-state index is 0.0490. The van der Waals surface area contributed by atoms with Crippen LogP contribution in [0.25, 0.3) is 22.3 Å². The number of rotatable bonds is 5. The average molecular weight is 513 g/mol. The molecule has 0 saturated heterocycles. The molecular formula is C26H24N8O4. The number of ether oxygens (including phenoxy) is 1. The van der Waals surface area contributed by atoms with E-state index in [4.69, 9.17) is 4.74 Å². The number of amides is 2. The summed E-state index contributed by atoms with van der Waals surface area (Å²) in [6, 6.07) is 15.2. The summed E-state index contributed by atoms with van der Waals surface area (Å²) in [5.41, 5.74) is 2.71. The number of fused-ring (bicyclic) bond motifs is 1. The average Bonchev–Trinajstić information content (AvgIpc) is 3.53. The smallest absolute Gasteiger partial charge is 0.434 e. The first-order valence-electron chi connectivity index (χ1n) is 11.6. The van der Waals surface area contributed by atoms with Gasteiger partial charge in [-0.25, -0.2) is 19.6 Å². The molecule has 3 aromatic heterocycles. The minimum Gasteiger partial charge on any atom is -0.463 e. The molecule has 4 N–H and O–H groups in total. The van der Waals surface area contributed by atoms with Gasteiger partial charge in [0.05, 0.1) is 23.0 Å². The number of nitrogens with zero attached hydrogens (tertiary/aromatic N) is 5. The predicted molar refractivity (Wildman–Crippen MR) is 141 cm³/mol. The topological polar surface area (TPSA) is 160 Å². The Morgan fingerprint density at radius 2 is 1.79 bits per heavy atom. The minimum atomic E-state index is -1.30. The number of aromatic nitrogens is 6. The molecule has 12 heteroatoms. The number of aromatic amines is 1. The third-order valence-corrected chi connectivity index (χ3v) is 5.63. The first-order chi connectivity index (χ1) is 18.2. The number of hydrogen-bond acceptors (Lipinski definition) is 7. The van der Waals surface area contributed by atoms with E-state index in [2.05, 4.69) is 35.9 Å². The summed E-state index contributed by atoms with van der Waals surface area (Å²) in [6.07, 6.45) is 1.83. The molecule has 0 spiro atoms. The molecule has 0 unspecified atom stereocenters. The molecule has 2 aromatic carbocycles. The molecule has 12 nitrogen and oxygen atoms in total. The number of urea groups is 1. The summed E-state index contributed by atoms with van der Waals surface area (Å²) in [7, 11) is 0. The SMILES string of the molecule is CC(C)(C)c1cc(NC(=O)Nc2ccc(Oc3ccccc3-c3ncnc4[nH]ncc34)cc2)n(C(=O)O)n1. The Morgan fingerprint density at radius 1 is 1.03 bits per heavy atom. The van der Waals surface area contributed by atoms with Crippen LogP contribution in [-0.4, -0.2) is 47.2 Å². The summed E-state index contributed by atoms with van der Waals surface area (Å²) in [4.78, 5) is 32.7. The number of nitrogens with one attached hydrogen (secondary N) is 3. The van der Waals surface area contributed by atoms with Crippen LogP contribution in [0.5, 0.6) is 11.5 Å². The lowest BCUT2D eigenvalue weighted by molar-refractivity contribution is 0.193. The fourth-order valence-electron chi connectivity index (χ4n) is 3.73. The third kappa shape index (κ3) is 5.00. The molecule has 0 radical (unpaired) electrons. The number of anilines is 2. The van der Waals surface area contributed by atoms with Gasteiger partial charge in [0.2, 0.25) is 0 Å². The first-order valence-corrected chi connectivity index (χ1v) is 11.6. The van der Waals surface area contributed by atoms with E-state index in [0.717, 1.165) is 15.6 Å². The summed E-state index contributed by atoms with van der Waals surface area (Å²) < 4.78 is 6.87. The molecule has 0 aliphatic rings. The zero-order valence-electron chi connectivity index (χ0n) is 20.8. The van der Waals surface area contributed by atoms with Gasteiger partial charge in [0.1, 0.15) is 23.6 Å². The van der Waals surface area contributed by atoms with E-state index >= 15 is 0 Å². The second-order valence-electron chi connectivity index (χ2n) is 9.42.